The second kappa shape index (κ2) is 4.88. The average molecular weight is 256 g/mol. The monoisotopic (exact) mass is 256 g/mol. The molecule has 0 aliphatic heterocycles. The fourth-order valence-electron chi connectivity index (χ4n) is 2.13. The quantitative estimate of drug-likeness (QED) is 0.915. The predicted octanol–water partition coefficient (Wildman–Crippen LogP) is 3.39. The lowest BCUT2D eigenvalue weighted by Gasteiger charge is -2.24. The average Bonchev–Trinajstić information content (AvgIpc) is 2.74. The van der Waals surface area contributed by atoms with E-state index in [-0.39, 0.29) is 11.8 Å². The van der Waals surface area contributed by atoms with Gasteiger partial charge in [-0.2, -0.15) is 0 Å². The lowest BCUT2D eigenvalue weighted by atomic mass is 9.85. The Morgan fingerprint density at radius 3 is 2.58 bits per heavy atom. The van der Waals surface area contributed by atoms with Crippen LogP contribution in [-0.4, -0.2) is 10.9 Å². The second-order valence-corrected chi connectivity index (χ2v) is 4.94. The molecule has 1 saturated carbocycles. The van der Waals surface area contributed by atoms with E-state index >= 15 is 0 Å². The molecule has 98 valence electrons. The van der Waals surface area contributed by atoms with E-state index < -0.39 is 0 Å². The Morgan fingerprint density at radius 2 is 2.05 bits per heavy atom. The zero-order chi connectivity index (χ0) is 13.2. The Bertz CT molecular complexity index is 582. The highest BCUT2D eigenvalue weighted by atomic mass is 16.4. The van der Waals surface area contributed by atoms with Crippen molar-refractivity contribution < 1.29 is 9.21 Å². The summed E-state index contributed by atoms with van der Waals surface area (Å²) in [6.45, 7) is 1.82. The van der Waals surface area contributed by atoms with E-state index in [1.165, 1.54) is 6.42 Å². The standard InChI is InChI=1S/C15H16N2O2/c1-10-16-9-14(19-10)11-5-7-13(8-6-11)17-15(18)12-3-2-4-12/h5-9,12H,2-4H2,1H3,(H,17,18). The SMILES string of the molecule is Cc1ncc(-c2ccc(NC(=O)C3CCC3)cc2)o1. The van der Waals surface area contributed by atoms with Crippen LogP contribution >= 0.6 is 0 Å². The first-order valence-corrected chi connectivity index (χ1v) is 6.56. The van der Waals surface area contributed by atoms with Crippen LogP contribution in [0.1, 0.15) is 25.2 Å². The number of nitrogens with zero attached hydrogens (tertiary/aromatic N) is 1. The minimum absolute atomic E-state index is 0.134. The Kier molecular flexibility index (Phi) is 3.07. The highest BCUT2D eigenvalue weighted by Gasteiger charge is 2.25. The van der Waals surface area contributed by atoms with E-state index in [9.17, 15) is 4.79 Å². The highest BCUT2D eigenvalue weighted by molar-refractivity contribution is 5.93. The molecule has 1 aliphatic carbocycles. The molecule has 1 N–H and O–H groups in total. The molecule has 1 heterocycles. The Hall–Kier alpha value is -2.10. The number of hydrogen-bond acceptors (Lipinski definition) is 3. The van der Waals surface area contributed by atoms with Crippen molar-refractivity contribution in [2.24, 2.45) is 5.92 Å². The van der Waals surface area contributed by atoms with Gasteiger partial charge in [0.05, 0.1) is 6.20 Å². The first-order valence-electron chi connectivity index (χ1n) is 6.56. The van der Waals surface area contributed by atoms with Crippen LogP contribution in [-0.2, 0) is 4.79 Å². The third-order valence-electron chi connectivity index (χ3n) is 3.53. The third-order valence-corrected chi connectivity index (χ3v) is 3.53. The van der Waals surface area contributed by atoms with E-state index in [2.05, 4.69) is 10.3 Å². The minimum atomic E-state index is 0.134. The molecular weight excluding hydrogens is 240 g/mol. The summed E-state index contributed by atoms with van der Waals surface area (Å²) >= 11 is 0. The molecule has 2 aromatic rings. The lowest BCUT2D eigenvalue weighted by molar-refractivity contribution is -0.122. The maximum absolute atomic E-state index is 11.8. The number of hydrogen-bond donors (Lipinski definition) is 1. The van der Waals surface area contributed by atoms with Crippen molar-refractivity contribution in [1.82, 2.24) is 4.98 Å². The molecule has 1 amide bonds. The third kappa shape index (κ3) is 2.52. The van der Waals surface area contributed by atoms with E-state index in [0.717, 1.165) is 29.9 Å². The maximum atomic E-state index is 11.8. The molecule has 1 aromatic carbocycles. The van der Waals surface area contributed by atoms with Gasteiger partial charge in [0.1, 0.15) is 0 Å². The highest BCUT2D eigenvalue weighted by Crippen LogP contribution is 2.28. The Labute approximate surface area is 111 Å². The molecule has 1 aliphatic rings. The summed E-state index contributed by atoms with van der Waals surface area (Å²) in [5.41, 5.74) is 1.79. The van der Waals surface area contributed by atoms with Crippen molar-refractivity contribution in [3.63, 3.8) is 0 Å². The Morgan fingerprint density at radius 1 is 1.32 bits per heavy atom. The van der Waals surface area contributed by atoms with Crippen LogP contribution < -0.4 is 5.32 Å². The number of aryl methyl sites for hydroxylation is 1. The molecule has 0 radical (unpaired) electrons. The van der Waals surface area contributed by atoms with Gasteiger partial charge in [0, 0.05) is 24.1 Å². The summed E-state index contributed by atoms with van der Waals surface area (Å²) in [4.78, 5) is 15.9. The van der Waals surface area contributed by atoms with Crippen LogP contribution in [0, 0.1) is 12.8 Å². The predicted molar refractivity (Wildman–Crippen MR) is 72.6 cm³/mol. The molecule has 0 unspecified atom stereocenters. The Balaban J connectivity index is 1.70. The molecular formula is C15H16N2O2. The van der Waals surface area contributed by atoms with E-state index in [0.29, 0.717) is 5.89 Å². The first kappa shape index (κ1) is 12.0. The number of rotatable bonds is 3. The smallest absolute Gasteiger partial charge is 0.227 e. The van der Waals surface area contributed by atoms with Crippen LogP contribution in [0.15, 0.2) is 34.9 Å². The maximum Gasteiger partial charge on any atom is 0.227 e. The molecule has 0 saturated heterocycles. The van der Waals surface area contributed by atoms with Crippen molar-refractivity contribution in [1.29, 1.82) is 0 Å². The topological polar surface area (TPSA) is 55.1 Å². The van der Waals surface area contributed by atoms with Crippen LogP contribution in [0.5, 0.6) is 0 Å². The van der Waals surface area contributed by atoms with Crippen molar-refractivity contribution >= 4 is 11.6 Å². The van der Waals surface area contributed by atoms with Gasteiger partial charge in [-0.15, -0.1) is 0 Å². The number of carbonyl (C=O) groups is 1. The number of oxazole rings is 1. The molecule has 1 aromatic heterocycles. The second-order valence-electron chi connectivity index (χ2n) is 4.94. The van der Waals surface area contributed by atoms with Gasteiger partial charge in [-0.1, -0.05) is 6.42 Å². The molecule has 0 atom stereocenters. The van der Waals surface area contributed by atoms with E-state index in [4.69, 9.17) is 4.42 Å². The molecule has 19 heavy (non-hydrogen) atoms. The summed E-state index contributed by atoms with van der Waals surface area (Å²) in [5, 5.41) is 2.94. The van der Waals surface area contributed by atoms with Crippen LogP contribution in [0.4, 0.5) is 5.69 Å². The number of carbonyl (C=O) groups excluding carboxylic acids is 1. The summed E-state index contributed by atoms with van der Waals surface area (Å²) in [5.74, 6) is 1.73. The van der Waals surface area contributed by atoms with Crippen LogP contribution in [0.3, 0.4) is 0 Å². The molecule has 0 bridgehead atoms. The number of anilines is 1. The van der Waals surface area contributed by atoms with Crippen molar-refractivity contribution in [3.05, 3.63) is 36.4 Å². The van der Waals surface area contributed by atoms with Gasteiger partial charge in [-0.25, -0.2) is 4.98 Å². The fourth-order valence-corrected chi connectivity index (χ4v) is 2.13. The number of aromatic nitrogens is 1. The molecule has 0 spiro atoms. The summed E-state index contributed by atoms with van der Waals surface area (Å²) in [6, 6.07) is 7.64. The van der Waals surface area contributed by atoms with Crippen LogP contribution in [0.2, 0.25) is 0 Å². The normalized spacial score (nSPS) is 15.0. The van der Waals surface area contributed by atoms with E-state index in [1.54, 1.807) is 6.20 Å². The first-order chi connectivity index (χ1) is 9.22. The molecule has 4 nitrogen and oxygen atoms in total. The van der Waals surface area contributed by atoms with Gasteiger partial charge >= 0.3 is 0 Å². The summed E-state index contributed by atoms with van der Waals surface area (Å²) in [7, 11) is 0. The number of amides is 1. The van der Waals surface area contributed by atoms with Gasteiger partial charge in [0.2, 0.25) is 5.91 Å². The van der Waals surface area contributed by atoms with Gasteiger partial charge in [0.25, 0.3) is 0 Å². The number of nitrogens with one attached hydrogen (secondary N) is 1. The zero-order valence-electron chi connectivity index (χ0n) is 10.8. The van der Waals surface area contributed by atoms with Crippen LogP contribution in [0.25, 0.3) is 11.3 Å². The van der Waals surface area contributed by atoms with Gasteiger partial charge in [0.15, 0.2) is 11.7 Å². The van der Waals surface area contributed by atoms with Crippen molar-refractivity contribution in [2.75, 3.05) is 5.32 Å². The largest absolute Gasteiger partial charge is 0.441 e. The van der Waals surface area contributed by atoms with E-state index in [1.807, 2.05) is 31.2 Å². The zero-order valence-corrected chi connectivity index (χ0v) is 10.8. The fraction of sp³-hybridized carbons (Fsp3) is 0.333. The van der Waals surface area contributed by atoms with Gasteiger partial charge < -0.3 is 9.73 Å². The molecule has 4 heteroatoms. The summed E-state index contributed by atoms with van der Waals surface area (Å²) < 4.78 is 5.46. The molecule has 3 rings (SSSR count). The molecule has 1 fully saturated rings. The van der Waals surface area contributed by atoms with Crippen molar-refractivity contribution in [3.8, 4) is 11.3 Å². The minimum Gasteiger partial charge on any atom is -0.441 e. The van der Waals surface area contributed by atoms with Crippen molar-refractivity contribution in [2.45, 2.75) is 26.2 Å². The van der Waals surface area contributed by atoms with Gasteiger partial charge in [-0.3, -0.25) is 4.79 Å². The van der Waals surface area contributed by atoms with Gasteiger partial charge in [-0.05, 0) is 37.1 Å². The number of benzene rings is 1. The summed E-state index contributed by atoms with van der Waals surface area (Å²) in [6.07, 6.45) is 4.90. The lowest BCUT2D eigenvalue weighted by Crippen LogP contribution is -2.27.